The van der Waals surface area contributed by atoms with Gasteiger partial charge in [0.25, 0.3) is 0 Å². The van der Waals surface area contributed by atoms with Crippen molar-refractivity contribution >= 4 is 52.8 Å². The average molecular weight is 566 g/mol. The summed E-state index contributed by atoms with van der Waals surface area (Å²) in [6, 6.07) is 7.79. The van der Waals surface area contributed by atoms with Crippen molar-refractivity contribution in [3.63, 3.8) is 0 Å². The zero-order valence-electron chi connectivity index (χ0n) is 20.8. The van der Waals surface area contributed by atoms with E-state index in [0.29, 0.717) is 16.5 Å². The maximum absolute atomic E-state index is 14.4. The molecule has 202 valence electrons. The summed E-state index contributed by atoms with van der Waals surface area (Å²) in [5, 5.41) is 3.15. The van der Waals surface area contributed by atoms with Gasteiger partial charge in [0.05, 0.1) is 17.1 Å². The molecule has 0 spiro atoms. The van der Waals surface area contributed by atoms with Gasteiger partial charge in [0.1, 0.15) is 24.6 Å². The predicted octanol–water partition coefficient (Wildman–Crippen LogP) is 3.81. The van der Waals surface area contributed by atoms with Crippen molar-refractivity contribution in [1.29, 1.82) is 0 Å². The molecule has 3 unspecified atom stereocenters. The van der Waals surface area contributed by atoms with E-state index in [-0.39, 0.29) is 53.9 Å². The number of nitrogens with one attached hydrogen (secondary N) is 1. The van der Waals surface area contributed by atoms with Crippen molar-refractivity contribution in [2.45, 2.75) is 45.6 Å². The van der Waals surface area contributed by atoms with Gasteiger partial charge >= 0.3 is 0 Å². The Kier molecular flexibility index (Phi) is 8.06. The summed E-state index contributed by atoms with van der Waals surface area (Å²) in [4.78, 5) is 49.8. The van der Waals surface area contributed by atoms with Gasteiger partial charge in [-0.1, -0.05) is 36.7 Å². The number of alkyl halides is 1. The number of fused-ring (bicyclic) bond motifs is 1. The second-order valence-electron chi connectivity index (χ2n) is 9.27. The highest BCUT2D eigenvalue weighted by Gasteiger charge is 2.40. The lowest BCUT2D eigenvalue weighted by molar-refractivity contribution is -0.139. The summed E-state index contributed by atoms with van der Waals surface area (Å²) in [7, 11) is -3.62. The van der Waals surface area contributed by atoms with E-state index >= 15 is 0 Å². The second-order valence-corrected chi connectivity index (χ2v) is 12.2. The first-order chi connectivity index (χ1) is 17.9. The fourth-order valence-electron chi connectivity index (χ4n) is 4.62. The van der Waals surface area contributed by atoms with Crippen LogP contribution in [0.4, 0.5) is 8.78 Å². The van der Waals surface area contributed by atoms with E-state index in [1.807, 2.05) is 0 Å². The Labute approximate surface area is 223 Å². The Bertz CT molecular complexity index is 1480. The normalized spacial score (nSPS) is 18.9. The molecule has 4 rings (SSSR count). The van der Waals surface area contributed by atoms with E-state index in [2.05, 4.69) is 5.32 Å². The van der Waals surface area contributed by atoms with Crippen molar-refractivity contribution in [1.82, 2.24) is 14.8 Å². The van der Waals surface area contributed by atoms with Gasteiger partial charge in [-0.2, -0.15) is 0 Å². The summed E-state index contributed by atoms with van der Waals surface area (Å²) in [5.41, 5.74) is 0.876. The highest BCUT2D eigenvalue weighted by molar-refractivity contribution is 7.66. The lowest BCUT2D eigenvalue weighted by Gasteiger charge is -2.24. The summed E-state index contributed by atoms with van der Waals surface area (Å²) in [6.45, 7) is 2.14. The van der Waals surface area contributed by atoms with E-state index in [1.54, 1.807) is 13.0 Å². The number of amides is 2. The van der Waals surface area contributed by atoms with Crippen LogP contribution in [0.25, 0.3) is 10.9 Å². The van der Waals surface area contributed by atoms with Crippen LogP contribution < -0.4 is 10.6 Å². The minimum absolute atomic E-state index is 0.0132. The third kappa shape index (κ3) is 5.53. The molecule has 3 atom stereocenters. The molecule has 1 aliphatic heterocycles. The Morgan fingerprint density at radius 2 is 1.97 bits per heavy atom. The molecule has 0 bridgehead atoms. The minimum atomic E-state index is -3.62. The van der Waals surface area contributed by atoms with Crippen LogP contribution in [0.1, 0.15) is 36.2 Å². The maximum Gasteiger partial charge on any atom is 0.243 e. The average Bonchev–Trinajstić information content (AvgIpc) is 3.45. The van der Waals surface area contributed by atoms with Crippen LogP contribution in [0.2, 0.25) is 5.02 Å². The number of hydrogen-bond acceptors (Lipinski definition) is 4. The maximum atomic E-state index is 14.4. The van der Waals surface area contributed by atoms with Crippen molar-refractivity contribution in [3.8, 4) is 0 Å². The molecule has 8 nitrogen and oxygen atoms in total. The van der Waals surface area contributed by atoms with Crippen molar-refractivity contribution in [2.75, 3.05) is 12.7 Å². The van der Waals surface area contributed by atoms with E-state index < -0.39 is 37.2 Å². The molecule has 0 aliphatic carbocycles. The zero-order valence-corrected chi connectivity index (χ0v) is 22.4. The van der Waals surface area contributed by atoms with E-state index in [4.69, 9.17) is 11.6 Å². The number of halogens is 3. The Balaban J connectivity index is 1.58. The Hall–Kier alpha value is -3.07. The first-order valence-electron chi connectivity index (χ1n) is 12.0. The van der Waals surface area contributed by atoms with Crippen LogP contribution in [0, 0.1) is 5.82 Å². The van der Waals surface area contributed by atoms with Gasteiger partial charge in [-0.25, -0.2) is 8.78 Å². The molecule has 2 heterocycles. The first-order valence-corrected chi connectivity index (χ1v) is 14.3. The number of carbonyl (C=O) groups is 3. The monoisotopic (exact) mass is 565 g/mol. The van der Waals surface area contributed by atoms with Gasteiger partial charge in [0.2, 0.25) is 19.2 Å². The molecule has 2 aromatic carbocycles. The molecule has 1 saturated heterocycles. The van der Waals surface area contributed by atoms with Gasteiger partial charge in [-0.05, 0) is 25.1 Å². The number of likely N-dealkylation sites (tertiary alicyclic amines) is 1. The van der Waals surface area contributed by atoms with Gasteiger partial charge in [-0.3, -0.25) is 18.9 Å². The van der Waals surface area contributed by atoms with Crippen LogP contribution >= 0.6 is 19.0 Å². The Morgan fingerprint density at radius 3 is 2.66 bits per heavy atom. The number of nitrogens with zero attached hydrogens (tertiary/aromatic N) is 2. The van der Waals surface area contributed by atoms with Gasteiger partial charge in [0.15, 0.2) is 5.78 Å². The molecule has 0 radical (unpaired) electrons. The van der Waals surface area contributed by atoms with E-state index in [9.17, 15) is 32.6 Å². The molecule has 2 N–H and O–H groups in total. The molecule has 1 aromatic heterocycles. The largest absolute Gasteiger partial charge is 0.350 e. The number of rotatable bonds is 8. The summed E-state index contributed by atoms with van der Waals surface area (Å²) >= 11 is 5.78. The lowest BCUT2D eigenvalue weighted by atomic mass is 10.1. The van der Waals surface area contributed by atoms with Gasteiger partial charge in [0, 0.05) is 47.1 Å². The summed E-state index contributed by atoms with van der Waals surface area (Å²) < 4.78 is 42.6. The van der Waals surface area contributed by atoms with Crippen LogP contribution in [-0.2, 0) is 27.2 Å². The number of aromatic nitrogens is 1. The van der Waals surface area contributed by atoms with Crippen LogP contribution in [-0.4, -0.2) is 56.9 Å². The van der Waals surface area contributed by atoms with E-state index in [1.165, 1.54) is 48.0 Å². The van der Waals surface area contributed by atoms with Crippen molar-refractivity contribution < 1.29 is 32.6 Å². The predicted molar refractivity (Wildman–Crippen MR) is 140 cm³/mol. The standard InChI is InChI=1S/C26H27ClF2N3O5P/c1-3-38(36,37)18-7-8-19-20(15(2)33)13-31(22(19)10-18)14-24(34)32-12-17(28)9-23(32)26(35)30-11-16-5-4-6-21(27)25(16)29/h4-8,10,13,17,23H,3,9,11-12,14H2,1-2H3,(H,30,35)(H,36,37). The lowest BCUT2D eigenvalue weighted by Crippen LogP contribution is -2.46. The molecule has 2 amide bonds. The van der Waals surface area contributed by atoms with Crippen molar-refractivity contribution in [3.05, 3.63) is 64.6 Å². The first kappa shape index (κ1) is 28.0. The molecule has 3 aromatic rings. The molecule has 1 fully saturated rings. The molecular weight excluding hydrogens is 539 g/mol. The molecule has 1 aliphatic rings. The van der Waals surface area contributed by atoms with E-state index in [0.717, 1.165) is 4.90 Å². The number of hydrogen-bond donors (Lipinski definition) is 2. The number of benzene rings is 2. The fraction of sp³-hybridized carbons (Fsp3) is 0.346. The molecule has 12 heteroatoms. The highest BCUT2D eigenvalue weighted by Crippen LogP contribution is 2.39. The van der Waals surface area contributed by atoms with Gasteiger partial charge < -0.3 is 19.7 Å². The topological polar surface area (TPSA) is 109 Å². The SMILES string of the molecule is CCP(=O)(O)c1ccc2c(C(C)=O)cn(CC(=O)N3CC(F)CC3C(=O)NCc3cccc(Cl)c3F)c2c1. The van der Waals surface area contributed by atoms with Crippen LogP contribution in [0.3, 0.4) is 0 Å². The zero-order chi connectivity index (χ0) is 27.8. The summed E-state index contributed by atoms with van der Waals surface area (Å²) in [5.74, 6) is -2.13. The molecule has 0 saturated carbocycles. The van der Waals surface area contributed by atoms with Crippen LogP contribution in [0.5, 0.6) is 0 Å². The second kappa shape index (κ2) is 11.0. The molecule has 38 heavy (non-hydrogen) atoms. The summed E-state index contributed by atoms with van der Waals surface area (Å²) in [6.07, 6.45) is -0.153. The van der Waals surface area contributed by atoms with Crippen molar-refractivity contribution in [2.24, 2.45) is 0 Å². The van der Waals surface area contributed by atoms with Crippen LogP contribution in [0.15, 0.2) is 42.6 Å². The number of carbonyl (C=O) groups excluding carboxylic acids is 3. The third-order valence-electron chi connectivity index (χ3n) is 6.74. The van der Waals surface area contributed by atoms with Gasteiger partial charge in [-0.15, -0.1) is 0 Å². The third-order valence-corrected chi connectivity index (χ3v) is 8.97. The fourth-order valence-corrected chi connectivity index (χ4v) is 5.81. The quantitative estimate of drug-likeness (QED) is 0.319. The minimum Gasteiger partial charge on any atom is -0.350 e. The number of ketones is 1. The number of Topliss-reactive ketones (excluding diaryl/α,β-unsaturated/α-hetero) is 1. The Morgan fingerprint density at radius 1 is 1.24 bits per heavy atom. The highest BCUT2D eigenvalue weighted by atomic mass is 35.5. The molecular formula is C26H27ClF2N3O5P. The smallest absolute Gasteiger partial charge is 0.243 e.